The second kappa shape index (κ2) is 5.71. The number of carbonyl (C=O) groups excluding carboxylic acids is 1. The fraction of sp³-hybridized carbons (Fsp3) is 0.438. The van der Waals surface area contributed by atoms with Crippen molar-refractivity contribution < 1.29 is 23.8 Å². The highest BCUT2D eigenvalue weighted by Crippen LogP contribution is 2.43. The molecule has 2 aliphatic heterocycles. The third-order valence-corrected chi connectivity index (χ3v) is 5.87. The van der Waals surface area contributed by atoms with E-state index in [1.165, 1.54) is 17.5 Å². The van der Waals surface area contributed by atoms with Crippen LogP contribution in [0, 0.1) is 11.3 Å². The van der Waals surface area contributed by atoms with E-state index in [-0.39, 0.29) is 18.4 Å². The molecule has 8 heteroatoms. The summed E-state index contributed by atoms with van der Waals surface area (Å²) in [7, 11) is 0. The standard InChI is InChI=1S/C16H16N2O5S/c19-14(12-6-17-13(24-12)11-2-1-4-23-11)18-7-10-8-22-5-3-16(10,9-18)15(20)21/h1-2,4,6,10H,3,5,7-9H2,(H,20,21)/t10-,16+/m0/s1. The Labute approximate surface area is 141 Å². The van der Waals surface area contributed by atoms with Gasteiger partial charge in [0.2, 0.25) is 0 Å². The van der Waals surface area contributed by atoms with E-state index < -0.39 is 11.4 Å². The fourth-order valence-corrected chi connectivity index (χ4v) is 4.35. The number of aliphatic carboxylic acids is 1. The number of carboxylic acids is 1. The molecule has 0 unspecified atom stereocenters. The highest BCUT2D eigenvalue weighted by molar-refractivity contribution is 7.16. The molecule has 4 rings (SSSR count). The van der Waals surface area contributed by atoms with Gasteiger partial charge in [-0.05, 0) is 18.6 Å². The minimum Gasteiger partial charge on any atom is -0.481 e. The van der Waals surface area contributed by atoms with Crippen LogP contribution in [0.15, 0.2) is 29.0 Å². The van der Waals surface area contributed by atoms with Gasteiger partial charge in [-0.25, -0.2) is 4.98 Å². The number of fused-ring (bicyclic) bond motifs is 1. The monoisotopic (exact) mass is 348 g/mol. The Morgan fingerprint density at radius 1 is 1.46 bits per heavy atom. The molecule has 0 spiro atoms. The smallest absolute Gasteiger partial charge is 0.311 e. The molecule has 0 saturated carbocycles. The van der Waals surface area contributed by atoms with E-state index in [1.54, 1.807) is 23.3 Å². The van der Waals surface area contributed by atoms with E-state index in [0.717, 1.165) is 0 Å². The SMILES string of the molecule is O=C(c1cnc(-c2ccco2)s1)N1C[C@H]2COCC[C@@]2(C(=O)O)C1. The molecule has 0 aliphatic carbocycles. The van der Waals surface area contributed by atoms with Crippen molar-refractivity contribution in [3.63, 3.8) is 0 Å². The first-order chi connectivity index (χ1) is 11.6. The van der Waals surface area contributed by atoms with Crippen LogP contribution in [0.5, 0.6) is 0 Å². The molecule has 0 radical (unpaired) electrons. The molecular formula is C16H16N2O5S. The summed E-state index contributed by atoms with van der Waals surface area (Å²) in [6.45, 7) is 1.44. The van der Waals surface area contributed by atoms with Gasteiger partial charge in [-0.2, -0.15) is 0 Å². The summed E-state index contributed by atoms with van der Waals surface area (Å²) in [5.74, 6) is -0.568. The fourth-order valence-electron chi connectivity index (χ4n) is 3.50. The lowest BCUT2D eigenvalue weighted by molar-refractivity contribution is -0.157. The second-order valence-corrected chi connectivity index (χ2v) is 7.21. The zero-order valence-electron chi connectivity index (χ0n) is 12.8. The number of amides is 1. The summed E-state index contributed by atoms with van der Waals surface area (Å²) in [6, 6.07) is 3.55. The van der Waals surface area contributed by atoms with Crippen molar-refractivity contribution in [1.82, 2.24) is 9.88 Å². The summed E-state index contributed by atoms with van der Waals surface area (Å²) in [5, 5.41) is 10.3. The predicted octanol–water partition coefficient (Wildman–Crippen LogP) is 1.97. The molecular weight excluding hydrogens is 332 g/mol. The van der Waals surface area contributed by atoms with E-state index in [1.807, 2.05) is 0 Å². The predicted molar refractivity (Wildman–Crippen MR) is 84.7 cm³/mol. The van der Waals surface area contributed by atoms with Crippen molar-refractivity contribution in [2.24, 2.45) is 11.3 Å². The van der Waals surface area contributed by atoms with Crippen LogP contribution < -0.4 is 0 Å². The Morgan fingerprint density at radius 2 is 2.33 bits per heavy atom. The summed E-state index contributed by atoms with van der Waals surface area (Å²) in [4.78, 5) is 30.9. The minimum atomic E-state index is -0.886. The first-order valence-electron chi connectivity index (χ1n) is 7.70. The third-order valence-electron chi connectivity index (χ3n) is 4.87. The number of nitrogens with zero attached hydrogens (tertiary/aromatic N) is 2. The van der Waals surface area contributed by atoms with E-state index >= 15 is 0 Å². The maximum absolute atomic E-state index is 12.8. The summed E-state index contributed by atoms with van der Waals surface area (Å²) >= 11 is 1.25. The number of hydrogen-bond donors (Lipinski definition) is 1. The van der Waals surface area contributed by atoms with Crippen LogP contribution in [-0.2, 0) is 9.53 Å². The number of hydrogen-bond acceptors (Lipinski definition) is 6. The van der Waals surface area contributed by atoms with Crippen LogP contribution in [-0.4, -0.2) is 53.2 Å². The average molecular weight is 348 g/mol. The van der Waals surface area contributed by atoms with Gasteiger partial charge in [0.05, 0.1) is 24.5 Å². The van der Waals surface area contributed by atoms with Crippen molar-refractivity contribution >= 4 is 23.2 Å². The van der Waals surface area contributed by atoms with E-state index in [9.17, 15) is 14.7 Å². The molecule has 24 heavy (non-hydrogen) atoms. The zero-order valence-corrected chi connectivity index (χ0v) is 13.6. The number of carboxylic acid groups (broad SMARTS) is 1. The maximum atomic E-state index is 12.8. The molecule has 2 fully saturated rings. The van der Waals surface area contributed by atoms with Gasteiger partial charge in [0, 0.05) is 25.6 Å². The molecule has 1 amide bonds. The number of carbonyl (C=O) groups is 2. The van der Waals surface area contributed by atoms with Gasteiger partial charge >= 0.3 is 5.97 Å². The Hall–Kier alpha value is -2.19. The van der Waals surface area contributed by atoms with Gasteiger partial charge in [-0.1, -0.05) is 0 Å². The van der Waals surface area contributed by atoms with E-state index in [4.69, 9.17) is 9.15 Å². The van der Waals surface area contributed by atoms with Gasteiger partial charge < -0.3 is 19.2 Å². The van der Waals surface area contributed by atoms with Crippen LogP contribution in [0.4, 0.5) is 0 Å². The Kier molecular flexibility index (Phi) is 3.65. The van der Waals surface area contributed by atoms with Gasteiger partial charge in [-0.15, -0.1) is 11.3 Å². The van der Waals surface area contributed by atoms with Crippen LogP contribution in [0.2, 0.25) is 0 Å². The molecule has 2 atom stereocenters. The quantitative estimate of drug-likeness (QED) is 0.911. The molecule has 126 valence electrons. The summed E-state index contributed by atoms with van der Waals surface area (Å²) in [5.41, 5.74) is -0.886. The third kappa shape index (κ3) is 2.33. The Morgan fingerprint density at radius 3 is 3.04 bits per heavy atom. The highest BCUT2D eigenvalue weighted by atomic mass is 32.1. The molecule has 0 aromatic carbocycles. The lowest BCUT2D eigenvalue weighted by Crippen LogP contribution is -2.45. The number of ether oxygens (including phenoxy) is 1. The van der Waals surface area contributed by atoms with Crippen molar-refractivity contribution in [1.29, 1.82) is 0 Å². The van der Waals surface area contributed by atoms with Gasteiger partial charge in [-0.3, -0.25) is 9.59 Å². The van der Waals surface area contributed by atoms with Crippen LogP contribution in [0.25, 0.3) is 10.8 Å². The molecule has 1 N–H and O–H groups in total. The minimum absolute atomic E-state index is 0.162. The lowest BCUT2D eigenvalue weighted by Gasteiger charge is -2.33. The molecule has 7 nitrogen and oxygen atoms in total. The number of rotatable bonds is 3. The molecule has 2 aliphatic rings. The normalized spacial score (nSPS) is 26.3. The van der Waals surface area contributed by atoms with Gasteiger partial charge in [0.25, 0.3) is 5.91 Å². The number of likely N-dealkylation sites (tertiary alicyclic amines) is 1. The van der Waals surface area contributed by atoms with Crippen LogP contribution >= 0.6 is 11.3 Å². The van der Waals surface area contributed by atoms with E-state index in [2.05, 4.69) is 4.98 Å². The maximum Gasteiger partial charge on any atom is 0.311 e. The van der Waals surface area contributed by atoms with E-state index in [0.29, 0.717) is 41.8 Å². The first-order valence-corrected chi connectivity index (χ1v) is 8.52. The molecule has 2 aromatic rings. The Balaban J connectivity index is 1.56. The average Bonchev–Trinajstić information content (AvgIpc) is 3.30. The number of furan rings is 1. The van der Waals surface area contributed by atoms with Crippen LogP contribution in [0.1, 0.15) is 16.1 Å². The molecule has 2 saturated heterocycles. The van der Waals surface area contributed by atoms with Crippen molar-refractivity contribution in [2.45, 2.75) is 6.42 Å². The Bertz CT molecular complexity index is 771. The first kappa shape index (κ1) is 15.3. The topological polar surface area (TPSA) is 92.9 Å². The molecule has 2 aromatic heterocycles. The highest BCUT2D eigenvalue weighted by Gasteiger charge is 2.55. The number of aromatic nitrogens is 1. The van der Waals surface area contributed by atoms with Crippen LogP contribution in [0.3, 0.4) is 0 Å². The second-order valence-electron chi connectivity index (χ2n) is 6.18. The largest absolute Gasteiger partial charge is 0.481 e. The zero-order chi connectivity index (χ0) is 16.7. The van der Waals surface area contributed by atoms with Crippen molar-refractivity contribution in [2.75, 3.05) is 26.3 Å². The van der Waals surface area contributed by atoms with Gasteiger partial charge in [0.1, 0.15) is 4.88 Å². The summed E-state index contributed by atoms with van der Waals surface area (Å²) in [6.07, 6.45) is 3.52. The number of thiazole rings is 1. The molecule has 0 bridgehead atoms. The lowest BCUT2D eigenvalue weighted by atomic mass is 9.74. The van der Waals surface area contributed by atoms with Crippen molar-refractivity contribution in [3.05, 3.63) is 29.5 Å². The molecule has 4 heterocycles. The van der Waals surface area contributed by atoms with Gasteiger partial charge in [0.15, 0.2) is 10.8 Å². The van der Waals surface area contributed by atoms with Crippen molar-refractivity contribution in [3.8, 4) is 10.8 Å². The summed E-state index contributed by atoms with van der Waals surface area (Å²) < 4.78 is 10.7.